The maximum absolute atomic E-state index is 5.92. The van der Waals surface area contributed by atoms with E-state index in [4.69, 9.17) is 14.2 Å². The van der Waals surface area contributed by atoms with E-state index in [2.05, 4.69) is 24.0 Å². The summed E-state index contributed by atoms with van der Waals surface area (Å²) in [5, 5.41) is 0. The molecule has 4 nitrogen and oxygen atoms in total. The van der Waals surface area contributed by atoms with Gasteiger partial charge in [0.15, 0.2) is 11.5 Å². The van der Waals surface area contributed by atoms with Gasteiger partial charge in [-0.05, 0) is 42.5 Å². The summed E-state index contributed by atoms with van der Waals surface area (Å²) in [5.41, 5.74) is 2.97. The highest BCUT2D eigenvalue weighted by atomic mass is 16.6. The zero-order valence-corrected chi connectivity index (χ0v) is 13.7. The summed E-state index contributed by atoms with van der Waals surface area (Å²) in [5.74, 6) is 2.37. The van der Waals surface area contributed by atoms with E-state index in [-0.39, 0.29) is 5.60 Å². The SMILES string of the molecule is CC[C@H]1CN2CCc3cc(OC)c(OC)cc3[C@@H]2C[C@]12CO2. The van der Waals surface area contributed by atoms with Crippen molar-refractivity contribution in [3.8, 4) is 11.5 Å². The Balaban J connectivity index is 1.71. The zero-order chi connectivity index (χ0) is 15.3. The average molecular weight is 303 g/mol. The molecule has 0 saturated carbocycles. The Morgan fingerprint density at radius 3 is 2.64 bits per heavy atom. The first kappa shape index (κ1) is 14.3. The second kappa shape index (κ2) is 5.14. The fourth-order valence-corrected chi connectivity index (χ4v) is 4.43. The number of rotatable bonds is 3. The number of nitrogens with zero attached hydrogens (tertiary/aromatic N) is 1. The summed E-state index contributed by atoms with van der Waals surface area (Å²) >= 11 is 0. The number of ether oxygens (including phenoxy) is 3. The van der Waals surface area contributed by atoms with Gasteiger partial charge in [0.25, 0.3) is 0 Å². The highest BCUT2D eigenvalue weighted by Gasteiger charge is 2.56. The average Bonchev–Trinajstić information content (AvgIpc) is 3.32. The van der Waals surface area contributed by atoms with Crippen LogP contribution < -0.4 is 9.47 Å². The van der Waals surface area contributed by atoms with Gasteiger partial charge in [0.1, 0.15) is 0 Å². The summed E-state index contributed by atoms with van der Waals surface area (Å²) in [6, 6.07) is 4.82. The third kappa shape index (κ3) is 2.04. The molecule has 4 heteroatoms. The number of benzene rings is 1. The molecule has 1 spiro atoms. The zero-order valence-electron chi connectivity index (χ0n) is 13.7. The first-order chi connectivity index (χ1) is 10.7. The lowest BCUT2D eigenvalue weighted by atomic mass is 9.76. The van der Waals surface area contributed by atoms with Crippen LogP contribution in [-0.2, 0) is 11.2 Å². The van der Waals surface area contributed by atoms with Crippen LogP contribution in [-0.4, -0.2) is 44.4 Å². The van der Waals surface area contributed by atoms with Crippen molar-refractivity contribution in [3.63, 3.8) is 0 Å². The Bertz CT molecular complexity index is 582. The quantitative estimate of drug-likeness (QED) is 0.804. The van der Waals surface area contributed by atoms with Crippen molar-refractivity contribution in [2.75, 3.05) is 33.9 Å². The van der Waals surface area contributed by atoms with Gasteiger partial charge < -0.3 is 14.2 Å². The third-order valence-corrected chi connectivity index (χ3v) is 5.86. The summed E-state index contributed by atoms with van der Waals surface area (Å²) in [6.45, 7) is 5.54. The third-order valence-electron chi connectivity index (χ3n) is 5.86. The van der Waals surface area contributed by atoms with E-state index < -0.39 is 0 Å². The minimum atomic E-state index is 0.150. The standard InChI is InChI=1S/C18H25NO3/c1-4-13-10-19-6-5-12-7-16(20-2)17(21-3)8-14(12)15(19)9-18(13)11-22-18/h7-8,13,15H,4-6,9-11H2,1-3H3/t13-,15-,18-/m0/s1. The normalized spacial score (nSPS) is 33.2. The second-order valence-corrected chi connectivity index (χ2v) is 6.83. The van der Waals surface area contributed by atoms with Gasteiger partial charge in [-0.3, -0.25) is 4.90 Å². The van der Waals surface area contributed by atoms with Crippen LogP contribution in [0.4, 0.5) is 0 Å². The Labute approximate surface area is 132 Å². The molecule has 2 saturated heterocycles. The number of hydrogen-bond acceptors (Lipinski definition) is 4. The molecule has 0 N–H and O–H groups in total. The van der Waals surface area contributed by atoms with Gasteiger partial charge in [-0.1, -0.05) is 6.92 Å². The predicted octanol–water partition coefficient (Wildman–Crippen LogP) is 2.80. The molecule has 3 atom stereocenters. The predicted molar refractivity (Wildman–Crippen MR) is 84.6 cm³/mol. The molecule has 0 unspecified atom stereocenters. The fourth-order valence-electron chi connectivity index (χ4n) is 4.43. The topological polar surface area (TPSA) is 34.2 Å². The van der Waals surface area contributed by atoms with Gasteiger partial charge in [-0.2, -0.15) is 0 Å². The molecule has 1 aromatic rings. The summed E-state index contributed by atoms with van der Waals surface area (Å²) in [4.78, 5) is 2.65. The Kier molecular flexibility index (Phi) is 3.35. The van der Waals surface area contributed by atoms with Crippen LogP contribution in [0.3, 0.4) is 0 Å². The molecule has 120 valence electrons. The molecule has 1 aromatic carbocycles. The highest BCUT2D eigenvalue weighted by molar-refractivity contribution is 5.49. The summed E-state index contributed by atoms with van der Waals surface area (Å²) < 4.78 is 16.9. The number of methoxy groups -OCH3 is 2. The number of epoxide rings is 1. The lowest BCUT2D eigenvalue weighted by Crippen LogP contribution is -2.49. The minimum Gasteiger partial charge on any atom is -0.493 e. The van der Waals surface area contributed by atoms with Crippen LogP contribution in [0.25, 0.3) is 0 Å². The molecule has 0 radical (unpaired) electrons. The number of fused-ring (bicyclic) bond motifs is 3. The van der Waals surface area contributed by atoms with E-state index in [1.165, 1.54) is 17.5 Å². The number of hydrogen-bond donors (Lipinski definition) is 0. The van der Waals surface area contributed by atoms with Gasteiger partial charge in [0.2, 0.25) is 0 Å². The molecule has 4 rings (SSSR count). The van der Waals surface area contributed by atoms with Crippen molar-refractivity contribution in [2.45, 2.75) is 37.8 Å². The van der Waals surface area contributed by atoms with Crippen LogP contribution in [0.1, 0.15) is 36.9 Å². The van der Waals surface area contributed by atoms with Crippen LogP contribution in [0.15, 0.2) is 12.1 Å². The lowest BCUT2D eigenvalue weighted by molar-refractivity contribution is 0.0294. The fraction of sp³-hybridized carbons (Fsp3) is 0.667. The Morgan fingerprint density at radius 2 is 2.00 bits per heavy atom. The largest absolute Gasteiger partial charge is 0.493 e. The van der Waals surface area contributed by atoms with Crippen molar-refractivity contribution in [1.29, 1.82) is 0 Å². The van der Waals surface area contributed by atoms with Crippen LogP contribution >= 0.6 is 0 Å². The first-order valence-electron chi connectivity index (χ1n) is 8.33. The van der Waals surface area contributed by atoms with E-state index >= 15 is 0 Å². The van der Waals surface area contributed by atoms with Crippen molar-refractivity contribution >= 4 is 0 Å². The molecular weight excluding hydrogens is 278 g/mol. The Hall–Kier alpha value is -1.26. The molecule has 2 fully saturated rings. The van der Waals surface area contributed by atoms with E-state index in [1.807, 2.05) is 0 Å². The summed E-state index contributed by atoms with van der Waals surface area (Å²) in [7, 11) is 3.42. The number of piperidine rings is 1. The van der Waals surface area contributed by atoms with E-state index in [0.717, 1.165) is 44.0 Å². The molecule has 3 aliphatic rings. The van der Waals surface area contributed by atoms with E-state index in [0.29, 0.717) is 12.0 Å². The molecule has 0 amide bonds. The second-order valence-electron chi connectivity index (χ2n) is 6.83. The first-order valence-corrected chi connectivity index (χ1v) is 8.33. The Morgan fingerprint density at radius 1 is 1.27 bits per heavy atom. The molecule has 0 aromatic heterocycles. The van der Waals surface area contributed by atoms with Crippen LogP contribution in [0.5, 0.6) is 11.5 Å². The van der Waals surface area contributed by atoms with Crippen LogP contribution in [0, 0.1) is 5.92 Å². The maximum atomic E-state index is 5.92. The summed E-state index contributed by atoms with van der Waals surface area (Å²) in [6.07, 6.45) is 3.42. The van der Waals surface area contributed by atoms with Crippen molar-refractivity contribution < 1.29 is 14.2 Å². The molecule has 3 heterocycles. The van der Waals surface area contributed by atoms with E-state index in [1.54, 1.807) is 14.2 Å². The van der Waals surface area contributed by atoms with Crippen molar-refractivity contribution in [1.82, 2.24) is 4.90 Å². The molecule has 0 aliphatic carbocycles. The molecule has 0 bridgehead atoms. The molecule has 3 aliphatic heterocycles. The van der Waals surface area contributed by atoms with Gasteiger partial charge in [-0.25, -0.2) is 0 Å². The maximum Gasteiger partial charge on any atom is 0.161 e. The smallest absolute Gasteiger partial charge is 0.161 e. The van der Waals surface area contributed by atoms with Gasteiger partial charge in [0.05, 0.1) is 26.4 Å². The van der Waals surface area contributed by atoms with E-state index in [9.17, 15) is 0 Å². The van der Waals surface area contributed by atoms with Crippen molar-refractivity contribution in [3.05, 3.63) is 23.3 Å². The molecular formula is C18H25NO3. The highest BCUT2D eigenvalue weighted by Crippen LogP contribution is 2.52. The van der Waals surface area contributed by atoms with Crippen LogP contribution in [0.2, 0.25) is 0 Å². The van der Waals surface area contributed by atoms with Gasteiger partial charge in [-0.15, -0.1) is 0 Å². The van der Waals surface area contributed by atoms with Crippen molar-refractivity contribution in [2.24, 2.45) is 5.92 Å². The monoisotopic (exact) mass is 303 g/mol. The lowest BCUT2D eigenvalue weighted by Gasteiger charge is -2.46. The van der Waals surface area contributed by atoms with Gasteiger partial charge >= 0.3 is 0 Å². The van der Waals surface area contributed by atoms with Gasteiger partial charge in [0, 0.05) is 25.0 Å². The molecule has 22 heavy (non-hydrogen) atoms. The minimum absolute atomic E-state index is 0.150.